The molecule has 1 atom stereocenters. The van der Waals surface area contributed by atoms with Crippen LogP contribution >= 0.6 is 0 Å². The number of aliphatic hydroxyl groups excluding tert-OH is 1. The number of ether oxygens (including phenoxy) is 1. The van der Waals surface area contributed by atoms with Gasteiger partial charge in [-0.2, -0.15) is 0 Å². The van der Waals surface area contributed by atoms with Crippen LogP contribution in [-0.4, -0.2) is 16.5 Å². The van der Waals surface area contributed by atoms with Crippen LogP contribution in [0.1, 0.15) is 5.56 Å². The zero-order chi connectivity index (χ0) is 13.9. The smallest absolute Gasteiger partial charge is 0.343 e. The topological polar surface area (TPSA) is 79.9 Å². The third-order valence-corrected chi connectivity index (χ3v) is 3.52. The lowest BCUT2D eigenvalue weighted by atomic mass is 10.1. The predicted octanol–water partition coefficient (Wildman–Crippen LogP) is 1.91. The van der Waals surface area contributed by atoms with Crippen molar-refractivity contribution in [2.45, 2.75) is 12.7 Å². The molecule has 0 bridgehead atoms. The molecule has 2 aromatic carbocycles. The number of aliphatic hydroxyl groups is 1. The predicted molar refractivity (Wildman–Crippen MR) is 72.0 cm³/mol. The van der Waals surface area contributed by atoms with Gasteiger partial charge in [-0.15, -0.1) is 0 Å². The second-order valence-corrected chi connectivity index (χ2v) is 4.85. The lowest BCUT2D eigenvalue weighted by Crippen LogP contribution is -2.11. The maximum atomic E-state index is 11.9. The first-order chi connectivity index (χ1) is 9.61. The molecule has 4 rings (SSSR count). The van der Waals surface area contributed by atoms with Crippen LogP contribution in [0, 0.1) is 0 Å². The van der Waals surface area contributed by atoms with Gasteiger partial charge in [0.25, 0.3) is 0 Å². The average molecular weight is 270 g/mol. The highest BCUT2D eigenvalue weighted by atomic mass is 16.6. The Morgan fingerprint density at radius 1 is 1.15 bits per heavy atom. The van der Waals surface area contributed by atoms with Crippen molar-refractivity contribution in [2.24, 2.45) is 0 Å². The summed E-state index contributed by atoms with van der Waals surface area (Å²) in [5.74, 6) is 0.529. The van der Waals surface area contributed by atoms with E-state index in [0.717, 1.165) is 10.8 Å². The first-order valence-electron chi connectivity index (χ1n) is 6.19. The highest BCUT2D eigenvalue weighted by Crippen LogP contribution is 2.36. The largest absolute Gasteiger partial charge is 0.508 e. The Kier molecular flexibility index (Phi) is 2.11. The van der Waals surface area contributed by atoms with Gasteiger partial charge in [-0.25, -0.2) is 4.79 Å². The molecule has 1 aliphatic rings. The van der Waals surface area contributed by atoms with Gasteiger partial charge in [0.2, 0.25) is 6.29 Å². The number of aromatic hydroxyl groups is 1. The lowest BCUT2D eigenvalue weighted by molar-refractivity contribution is 0.00300. The van der Waals surface area contributed by atoms with Crippen molar-refractivity contribution in [3.63, 3.8) is 0 Å². The average Bonchev–Trinajstić information content (AvgIpc) is 2.80. The number of rotatable bonds is 0. The van der Waals surface area contributed by atoms with Crippen LogP contribution in [0.3, 0.4) is 0 Å². The summed E-state index contributed by atoms with van der Waals surface area (Å²) in [6.45, 7) is 0. The van der Waals surface area contributed by atoms with Crippen LogP contribution in [0.5, 0.6) is 11.5 Å². The van der Waals surface area contributed by atoms with E-state index >= 15 is 0 Å². The second-order valence-electron chi connectivity index (χ2n) is 4.85. The zero-order valence-electron chi connectivity index (χ0n) is 10.3. The molecule has 5 heteroatoms. The molecule has 0 saturated carbocycles. The van der Waals surface area contributed by atoms with Gasteiger partial charge in [-0.1, -0.05) is 6.07 Å². The minimum Gasteiger partial charge on any atom is -0.508 e. The van der Waals surface area contributed by atoms with E-state index in [1.54, 1.807) is 30.3 Å². The molecule has 0 amide bonds. The minimum atomic E-state index is -1.02. The quantitative estimate of drug-likeness (QED) is 0.482. The summed E-state index contributed by atoms with van der Waals surface area (Å²) in [6.07, 6.45) is -0.885. The van der Waals surface area contributed by atoms with Gasteiger partial charge in [-0.3, -0.25) is 0 Å². The van der Waals surface area contributed by atoms with Crippen LogP contribution in [0.2, 0.25) is 0 Å². The zero-order valence-corrected chi connectivity index (χ0v) is 10.3. The van der Waals surface area contributed by atoms with Gasteiger partial charge >= 0.3 is 5.63 Å². The fourth-order valence-corrected chi connectivity index (χ4v) is 2.61. The molecule has 100 valence electrons. The lowest BCUT2D eigenvalue weighted by Gasteiger charge is -2.07. The van der Waals surface area contributed by atoms with Gasteiger partial charge in [-0.05, 0) is 35.0 Å². The molecule has 3 aromatic rings. The van der Waals surface area contributed by atoms with E-state index in [1.165, 1.54) is 0 Å². The fraction of sp³-hybridized carbons (Fsp3) is 0.133. The Morgan fingerprint density at radius 2 is 2.00 bits per heavy atom. The van der Waals surface area contributed by atoms with Crippen LogP contribution < -0.4 is 10.4 Å². The molecule has 0 saturated heterocycles. The molecular weight excluding hydrogens is 260 g/mol. The first kappa shape index (κ1) is 11.3. The van der Waals surface area contributed by atoms with Crippen LogP contribution in [0.15, 0.2) is 39.5 Å². The number of hydrogen-bond acceptors (Lipinski definition) is 5. The Morgan fingerprint density at radius 3 is 2.85 bits per heavy atom. The molecule has 0 spiro atoms. The van der Waals surface area contributed by atoms with Crippen molar-refractivity contribution in [1.29, 1.82) is 0 Å². The van der Waals surface area contributed by atoms with Crippen molar-refractivity contribution in [1.82, 2.24) is 0 Å². The SMILES string of the molecule is O=c1oc2cc3ccc(O)cc3cc2c2c1CC(O)O2. The monoisotopic (exact) mass is 270 g/mol. The molecule has 2 N–H and O–H groups in total. The molecule has 0 aliphatic carbocycles. The third kappa shape index (κ3) is 1.50. The minimum absolute atomic E-state index is 0.131. The van der Waals surface area contributed by atoms with E-state index in [2.05, 4.69) is 0 Å². The van der Waals surface area contributed by atoms with Crippen LogP contribution in [-0.2, 0) is 6.42 Å². The van der Waals surface area contributed by atoms with E-state index in [9.17, 15) is 15.0 Å². The van der Waals surface area contributed by atoms with Gasteiger partial charge in [0, 0.05) is 6.42 Å². The fourth-order valence-electron chi connectivity index (χ4n) is 2.61. The Balaban J connectivity index is 2.14. The molecule has 0 fully saturated rings. The number of hydrogen-bond donors (Lipinski definition) is 2. The molecule has 1 unspecified atom stereocenters. The maximum Gasteiger partial charge on any atom is 0.343 e. The number of phenolic OH excluding ortho intramolecular Hbond substituents is 1. The summed E-state index contributed by atoms with van der Waals surface area (Å²) in [5.41, 5.74) is 0.271. The summed E-state index contributed by atoms with van der Waals surface area (Å²) in [4.78, 5) is 11.9. The summed E-state index contributed by atoms with van der Waals surface area (Å²) >= 11 is 0. The summed E-state index contributed by atoms with van der Waals surface area (Å²) in [7, 11) is 0. The van der Waals surface area contributed by atoms with Gasteiger partial charge in [0.1, 0.15) is 17.1 Å². The number of benzene rings is 2. The molecule has 1 aromatic heterocycles. The molecule has 2 heterocycles. The Labute approximate surface area is 112 Å². The van der Waals surface area contributed by atoms with Crippen molar-refractivity contribution in [3.8, 4) is 11.5 Å². The summed E-state index contributed by atoms with van der Waals surface area (Å²) < 4.78 is 10.6. The standard InChI is InChI=1S/C15H10O5/c16-9-2-1-7-5-12-10(4-8(7)3-9)14-11(15(18)19-12)6-13(17)20-14/h1-5,13,16-17H,6H2. The number of phenols is 1. The van der Waals surface area contributed by atoms with E-state index in [1.807, 2.05) is 0 Å². The van der Waals surface area contributed by atoms with E-state index < -0.39 is 11.9 Å². The van der Waals surface area contributed by atoms with Gasteiger partial charge in [0.05, 0.1) is 10.9 Å². The normalized spacial score (nSPS) is 17.4. The van der Waals surface area contributed by atoms with E-state index in [4.69, 9.17) is 9.15 Å². The van der Waals surface area contributed by atoms with E-state index in [0.29, 0.717) is 22.3 Å². The highest BCUT2D eigenvalue weighted by molar-refractivity contribution is 5.99. The van der Waals surface area contributed by atoms with E-state index in [-0.39, 0.29) is 12.2 Å². The van der Waals surface area contributed by atoms with Crippen molar-refractivity contribution < 1.29 is 19.4 Å². The maximum absolute atomic E-state index is 11.9. The van der Waals surface area contributed by atoms with Crippen molar-refractivity contribution >= 4 is 21.7 Å². The molecular formula is C15H10O5. The molecule has 1 aliphatic heterocycles. The second kappa shape index (κ2) is 3.74. The van der Waals surface area contributed by atoms with Gasteiger partial charge < -0.3 is 19.4 Å². The third-order valence-electron chi connectivity index (χ3n) is 3.52. The highest BCUT2D eigenvalue weighted by Gasteiger charge is 2.27. The van der Waals surface area contributed by atoms with Crippen molar-refractivity contribution in [3.05, 3.63) is 46.3 Å². The molecule has 20 heavy (non-hydrogen) atoms. The first-order valence-corrected chi connectivity index (χ1v) is 6.19. The number of fused-ring (bicyclic) bond motifs is 4. The summed E-state index contributed by atoms with van der Waals surface area (Å²) in [5, 5.41) is 21.4. The van der Waals surface area contributed by atoms with Crippen LogP contribution in [0.25, 0.3) is 21.7 Å². The van der Waals surface area contributed by atoms with Crippen LogP contribution in [0.4, 0.5) is 0 Å². The summed E-state index contributed by atoms with van der Waals surface area (Å²) in [6, 6.07) is 8.44. The molecule has 0 radical (unpaired) electrons. The van der Waals surface area contributed by atoms with Gasteiger partial charge in [0.15, 0.2) is 0 Å². The Hall–Kier alpha value is -2.53. The van der Waals surface area contributed by atoms with Crippen molar-refractivity contribution in [2.75, 3.05) is 0 Å². The Bertz CT molecular complexity index is 909. The molecule has 5 nitrogen and oxygen atoms in total.